The lowest BCUT2D eigenvalue weighted by Gasteiger charge is -2.10. The molecule has 3 rings (SSSR count). The summed E-state index contributed by atoms with van der Waals surface area (Å²) in [6.45, 7) is 3.78. The maximum absolute atomic E-state index is 14.0. The Hall–Kier alpha value is -2.62. The molecule has 0 saturated carbocycles. The summed E-state index contributed by atoms with van der Waals surface area (Å²) in [6.07, 6.45) is 1.92. The first-order chi connectivity index (χ1) is 10.1. The van der Waals surface area contributed by atoms with Gasteiger partial charge in [-0.1, -0.05) is 24.3 Å². The molecule has 0 unspecified atom stereocenters. The highest BCUT2D eigenvalue weighted by Gasteiger charge is 2.10. The summed E-state index contributed by atoms with van der Waals surface area (Å²) >= 11 is 0. The number of aromatic nitrogens is 2. The fourth-order valence-electron chi connectivity index (χ4n) is 2.21. The number of nitrogens with zero attached hydrogens (tertiary/aromatic N) is 2. The van der Waals surface area contributed by atoms with Crippen molar-refractivity contribution in [3.05, 3.63) is 71.8 Å². The number of nitrogens with one attached hydrogen (secondary N) is 1. The molecule has 0 aliphatic rings. The number of anilines is 2. The van der Waals surface area contributed by atoms with Crippen LogP contribution >= 0.6 is 0 Å². The van der Waals surface area contributed by atoms with Crippen LogP contribution in [0.4, 0.5) is 16.0 Å². The first-order valence-electron chi connectivity index (χ1n) is 6.78. The second-order valence-electron chi connectivity index (χ2n) is 5.02. The summed E-state index contributed by atoms with van der Waals surface area (Å²) in [5.74, 6) is 0.316. The molecule has 0 aliphatic carbocycles. The summed E-state index contributed by atoms with van der Waals surface area (Å²) in [5, 5.41) is 3.06. The zero-order valence-corrected chi connectivity index (χ0v) is 12.0. The molecule has 3 aromatic rings. The van der Waals surface area contributed by atoms with Crippen molar-refractivity contribution in [1.82, 2.24) is 9.55 Å². The molecular weight excluding hydrogens is 265 g/mol. The van der Waals surface area contributed by atoms with Crippen molar-refractivity contribution < 1.29 is 4.39 Å². The molecule has 1 aromatic heterocycles. The Morgan fingerprint density at radius 2 is 1.81 bits per heavy atom. The monoisotopic (exact) mass is 281 g/mol. The third-order valence-electron chi connectivity index (χ3n) is 3.23. The van der Waals surface area contributed by atoms with Crippen molar-refractivity contribution in [3.8, 4) is 5.69 Å². The third kappa shape index (κ3) is 2.79. The summed E-state index contributed by atoms with van der Waals surface area (Å²) in [6, 6.07) is 14.9. The highest BCUT2D eigenvalue weighted by atomic mass is 19.1. The van der Waals surface area contributed by atoms with Crippen LogP contribution in [0.2, 0.25) is 0 Å². The Kier molecular flexibility index (Phi) is 3.44. The molecule has 106 valence electrons. The van der Waals surface area contributed by atoms with Gasteiger partial charge in [0.1, 0.15) is 5.82 Å². The van der Waals surface area contributed by atoms with E-state index in [9.17, 15) is 4.39 Å². The van der Waals surface area contributed by atoms with Gasteiger partial charge in [-0.25, -0.2) is 9.37 Å². The minimum Gasteiger partial charge on any atom is -0.323 e. The average Bonchev–Trinajstić information content (AvgIpc) is 2.84. The van der Waals surface area contributed by atoms with Crippen molar-refractivity contribution in [2.45, 2.75) is 13.8 Å². The maximum Gasteiger partial charge on any atom is 0.212 e. The van der Waals surface area contributed by atoms with Crippen molar-refractivity contribution >= 4 is 11.6 Å². The lowest BCUT2D eigenvalue weighted by Crippen LogP contribution is -2.02. The van der Waals surface area contributed by atoms with E-state index in [0.717, 1.165) is 16.9 Å². The van der Waals surface area contributed by atoms with E-state index in [1.54, 1.807) is 6.07 Å². The quantitative estimate of drug-likeness (QED) is 0.772. The number of hydrogen-bond donors (Lipinski definition) is 1. The van der Waals surface area contributed by atoms with Gasteiger partial charge in [0, 0.05) is 11.9 Å². The zero-order valence-electron chi connectivity index (χ0n) is 12.0. The SMILES string of the molecule is Cc1ccc(Nc2nc(C)cn2-c2ccccc2)c(F)c1. The summed E-state index contributed by atoms with van der Waals surface area (Å²) in [7, 11) is 0. The molecule has 0 radical (unpaired) electrons. The molecule has 1 N–H and O–H groups in total. The highest BCUT2D eigenvalue weighted by molar-refractivity contribution is 5.57. The minimum absolute atomic E-state index is 0.282. The van der Waals surface area contributed by atoms with Gasteiger partial charge in [0.05, 0.1) is 11.4 Å². The average molecular weight is 281 g/mol. The lowest BCUT2D eigenvalue weighted by atomic mass is 10.2. The van der Waals surface area contributed by atoms with E-state index < -0.39 is 0 Å². The van der Waals surface area contributed by atoms with E-state index in [1.807, 2.05) is 61.0 Å². The van der Waals surface area contributed by atoms with Gasteiger partial charge < -0.3 is 5.32 Å². The smallest absolute Gasteiger partial charge is 0.212 e. The number of aryl methyl sites for hydroxylation is 2. The Morgan fingerprint density at radius 1 is 1.05 bits per heavy atom. The van der Waals surface area contributed by atoms with Crippen LogP contribution in [0, 0.1) is 19.7 Å². The first-order valence-corrected chi connectivity index (χ1v) is 6.78. The molecule has 21 heavy (non-hydrogen) atoms. The summed E-state index contributed by atoms with van der Waals surface area (Å²) in [5.41, 5.74) is 3.16. The number of benzene rings is 2. The molecule has 1 heterocycles. The first kappa shape index (κ1) is 13.4. The predicted octanol–water partition coefficient (Wildman–Crippen LogP) is 4.37. The van der Waals surface area contributed by atoms with Crippen LogP contribution in [0.3, 0.4) is 0 Å². The van der Waals surface area contributed by atoms with Crippen LogP contribution in [-0.2, 0) is 0 Å². The molecule has 0 bridgehead atoms. The van der Waals surface area contributed by atoms with Crippen molar-refractivity contribution in [3.63, 3.8) is 0 Å². The van der Waals surface area contributed by atoms with Gasteiger partial charge >= 0.3 is 0 Å². The van der Waals surface area contributed by atoms with E-state index in [2.05, 4.69) is 10.3 Å². The maximum atomic E-state index is 14.0. The van der Waals surface area contributed by atoms with E-state index in [-0.39, 0.29) is 5.82 Å². The minimum atomic E-state index is -0.282. The van der Waals surface area contributed by atoms with Gasteiger partial charge in [0.15, 0.2) is 0 Å². The number of rotatable bonds is 3. The Morgan fingerprint density at radius 3 is 2.52 bits per heavy atom. The zero-order chi connectivity index (χ0) is 14.8. The number of halogens is 1. The van der Waals surface area contributed by atoms with Crippen LogP contribution in [0.15, 0.2) is 54.7 Å². The largest absolute Gasteiger partial charge is 0.323 e. The number of imidazole rings is 1. The molecular formula is C17H16FN3. The summed E-state index contributed by atoms with van der Waals surface area (Å²) < 4.78 is 15.9. The lowest BCUT2D eigenvalue weighted by molar-refractivity contribution is 0.630. The van der Waals surface area contributed by atoms with E-state index in [1.165, 1.54) is 6.07 Å². The fraction of sp³-hybridized carbons (Fsp3) is 0.118. The number of hydrogen-bond acceptors (Lipinski definition) is 2. The number of para-hydroxylation sites is 1. The highest BCUT2D eigenvalue weighted by Crippen LogP contribution is 2.23. The van der Waals surface area contributed by atoms with Gasteiger partial charge in [-0.15, -0.1) is 0 Å². The molecule has 0 spiro atoms. The van der Waals surface area contributed by atoms with Crippen molar-refractivity contribution in [1.29, 1.82) is 0 Å². The topological polar surface area (TPSA) is 29.9 Å². The molecule has 0 saturated heterocycles. The fourth-order valence-corrected chi connectivity index (χ4v) is 2.21. The predicted molar refractivity (Wildman–Crippen MR) is 82.7 cm³/mol. The van der Waals surface area contributed by atoms with Crippen LogP contribution in [0.5, 0.6) is 0 Å². The van der Waals surface area contributed by atoms with Crippen LogP contribution in [-0.4, -0.2) is 9.55 Å². The van der Waals surface area contributed by atoms with Gasteiger partial charge in [-0.2, -0.15) is 0 Å². The normalized spacial score (nSPS) is 10.6. The van der Waals surface area contributed by atoms with E-state index >= 15 is 0 Å². The second-order valence-corrected chi connectivity index (χ2v) is 5.02. The standard InChI is InChI=1S/C17H16FN3/c1-12-8-9-16(15(18)10-12)20-17-19-13(2)11-21(17)14-6-4-3-5-7-14/h3-11H,1-2H3,(H,19,20). The summed E-state index contributed by atoms with van der Waals surface area (Å²) in [4.78, 5) is 4.43. The van der Waals surface area contributed by atoms with Crippen LogP contribution in [0.25, 0.3) is 5.69 Å². The van der Waals surface area contributed by atoms with Gasteiger partial charge in [0.25, 0.3) is 0 Å². The Bertz CT molecular complexity index is 763. The molecule has 0 aliphatic heterocycles. The molecule has 0 atom stereocenters. The third-order valence-corrected chi connectivity index (χ3v) is 3.23. The molecule has 2 aromatic carbocycles. The van der Waals surface area contributed by atoms with Crippen LogP contribution in [0.1, 0.15) is 11.3 Å². The molecule has 4 heteroatoms. The van der Waals surface area contributed by atoms with Crippen molar-refractivity contribution in [2.24, 2.45) is 0 Å². The van der Waals surface area contributed by atoms with E-state index in [0.29, 0.717) is 11.6 Å². The van der Waals surface area contributed by atoms with Gasteiger partial charge in [0.2, 0.25) is 5.95 Å². The van der Waals surface area contributed by atoms with Gasteiger partial charge in [-0.05, 0) is 43.7 Å². The Labute approximate surface area is 123 Å². The molecule has 0 amide bonds. The van der Waals surface area contributed by atoms with Crippen molar-refractivity contribution in [2.75, 3.05) is 5.32 Å². The molecule has 0 fully saturated rings. The van der Waals surface area contributed by atoms with E-state index in [4.69, 9.17) is 0 Å². The molecule has 3 nitrogen and oxygen atoms in total. The second kappa shape index (κ2) is 5.40. The van der Waals surface area contributed by atoms with Gasteiger partial charge in [-0.3, -0.25) is 4.57 Å². The Balaban J connectivity index is 2.00. The van der Waals surface area contributed by atoms with Crippen LogP contribution < -0.4 is 5.32 Å².